The predicted octanol–water partition coefficient (Wildman–Crippen LogP) is 7.96. The number of rotatable bonds is 34. The predicted molar refractivity (Wildman–Crippen MR) is 190 cm³/mol. The molecule has 0 atom stereocenters. The molecule has 0 amide bonds. The van der Waals surface area contributed by atoms with Gasteiger partial charge in [-0.15, -0.1) is 0 Å². The van der Waals surface area contributed by atoms with E-state index < -0.39 is 5.92 Å². The third kappa shape index (κ3) is 32.5. The standard InChI is InChI=1S/C40H75NO2.ClH/c1-5-7-9-11-13-15-17-19-21-23-25-27-29-31-33-35-39(42)38(37-41(3)4)40(43)36-34-32-30-28-26-24-22-20-18-16-14-12-10-8-6-2;/h19-22,38H,5-18,23-37H2,1-4H3;1H/b21-19-,22-20-;. The Labute approximate surface area is 282 Å². The molecule has 0 saturated heterocycles. The quantitative estimate of drug-likeness (QED) is 0.0442. The number of ketones is 2. The largest absolute Gasteiger partial charge is 1.00 e. The summed E-state index contributed by atoms with van der Waals surface area (Å²) in [5, 5.41) is 0. The molecular weight excluding hydrogens is 562 g/mol. The molecule has 0 aromatic carbocycles. The van der Waals surface area contributed by atoms with Crippen molar-refractivity contribution in [1.29, 1.82) is 0 Å². The molecule has 3 nitrogen and oxygen atoms in total. The number of carbonyl (C=O) groups is 2. The van der Waals surface area contributed by atoms with Gasteiger partial charge in [-0.05, 0) is 64.2 Å². The van der Waals surface area contributed by atoms with Crippen molar-refractivity contribution in [2.75, 3.05) is 20.6 Å². The molecule has 0 fully saturated rings. The summed E-state index contributed by atoms with van der Waals surface area (Å²) in [6.07, 6.45) is 43.4. The highest BCUT2D eigenvalue weighted by Crippen LogP contribution is 2.15. The van der Waals surface area contributed by atoms with Gasteiger partial charge in [-0.3, -0.25) is 9.59 Å². The van der Waals surface area contributed by atoms with Crippen LogP contribution >= 0.6 is 0 Å². The molecule has 0 aromatic rings. The highest BCUT2D eigenvalue weighted by molar-refractivity contribution is 6.02. The number of unbranched alkanes of at least 4 members (excludes halogenated alkanes) is 22. The summed E-state index contributed by atoms with van der Waals surface area (Å²) in [5.74, 6) is -0.00767. The van der Waals surface area contributed by atoms with Crippen LogP contribution in [0.25, 0.3) is 0 Å². The lowest BCUT2D eigenvalue weighted by Crippen LogP contribution is -3.06. The van der Waals surface area contributed by atoms with E-state index in [1.807, 2.05) is 0 Å². The van der Waals surface area contributed by atoms with Crippen LogP contribution in [0, 0.1) is 5.92 Å². The summed E-state index contributed by atoms with van der Waals surface area (Å²) >= 11 is 0. The van der Waals surface area contributed by atoms with E-state index in [-0.39, 0.29) is 24.0 Å². The monoisotopic (exact) mass is 638 g/mol. The fourth-order valence-electron chi connectivity index (χ4n) is 5.90. The van der Waals surface area contributed by atoms with E-state index in [0.717, 1.165) is 25.7 Å². The van der Waals surface area contributed by atoms with Crippen LogP contribution in [0.4, 0.5) is 0 Å². The van der Waals surface area contributed by atoms with Crippen molar-refractivity contribution in [3.63, 3.8) is 0 Å². The van der Waals surface area contributed by atoms with Crippen LogP contribution < -0.4 is 17.3 Å². The lowest BCUT2D eigenvalue weighted by Gasteiger charge is -2.17. The van der Waals surface area contributed by atoms with Crippen LogP contribution in [-0.2, 0) is 9.59 Å². The fraction of sp³-hybridized carbons (Fsp3) is 0.850. The maximum absolute atomic E-state index is 13.0. The van der Waals surface area contributed by atoms with Gasteiger partial charge in [0.15, 0.2) is 0 Å². The van der Waals surface area contributed by atoms with Gasteiger partial charge in [-0.25, -0.2) is 0 Å². The number of carbonyl (C=O) groups excluding carboxylic acids is 2. The number of halogens is 1. The first-order valence-electron chi connectivity index (χ1n) is 19.2. The summed E-state index contributed by atoms with van der Waals surface area (Å²) in [6.45, 7) is 5.19. The van der Waals surface area contributed by atoms with Crippen LogP contribution in [0.1, 0.15) is 194 Å². The Morgan fingerprint density at radius 2 is 0.727 bits per heavy atom. The molecule has 1 N–H and O–H groups in total. The summed E-state index contributed by atoms with van der Waals surface area (Å²) in [5.41, 5.74) is 0. The Balaban J connectivity index is 0. The molecular formula is C40H76ClNO2. The fourth-order valence-corrected chi connectivity index (χ4v) is 5.90. The van der Waals surface area contributed by atoms with E-state index in [9.17, 15) is 9.59 Å². The molecule has 0 bridgehead atoms. The first kappa shape index (κ1) is 45.2. The Morgan fingerprint density at radius 3 is 1.02 bits per heavy atom. The third-order valence-corrected chi connectivity index (χ3v) is 8.76. The topological polar surface area (TPSA) is 38.6 Å². The molecule has 44 heavy (non-hydrogen) atoms. The van der Waals surface area contributed by atoms with Crippen molar-refractivity contribution >= 4 is 11.6 Å². The summed E-state index contributed by atoms with van der Waals surface area (Å²) < 4.78 is 0. The minimum absolute atomic E-state index is 0. The van der Waals surface area contributed by atoms with Crippen LogP contribution in [0.5, 0.6) is 0 Å². The zero-order valence-electron chi connectivity index (χ0n) is 30.1. The Bertz CT molecular complexity index is 620. The zero-order chi connectivity index (χ0) is 31.6. The van der Waals surface area contributed by atoms with E-state index in [1.165, 1.54) is 146 Å². The second-order valence-corrected chi connectivity index (χ2v) is 13.6. The first-order valence-corrected chi connectivity index (χ1v) is 19.2. The van der Waals surface area contributed by atoms with Crippen LogP contribution in [0.2, 0.25) is 0 Å². The summed E-state index contributed by atoms with van der Waals surface area (Å²) in [7, 11) is 4.11. The average molecular weight is 639 g/mol. The van der Waals surface area contributed by atoms with E-state index in [1.54, 1.807) is 0 Å². The van der Waals surface area contributed by atoms with Crippen molar-refractivity contribution < 1.29 is 26.9 Å². The van der Waals surface area contributed by atoms with Crippen LogP contribution in [0.15, 0.2) is 24.3 Å². The molecule has 0 saturated carbocycles. The summed E-state index contributed by atoms with van der Waals surface area (Å²) in [4.78, 5) is 27.1. The van der Waals surface area contributed by atoms with Gasteiger partial charge in [-0.1, -0.05) is 141 Å². The maximum Gasteiger partial charge on any atom is 0.149 e. The molecule has 0 aliphatic carbocycles. The van der Waals surface area contributed by atoms with Crippen LogP contribution in [-0.4, -0.2) is 32.2 Å². The number of quaternary nitrogens is 1. The highest BCUT2D eigenvalue weighted by atomic mass is 35.5. The van der Waals surface area contributed by atoms with E-state index in [4.69, 9.17) is 0 Å². The second-order valence-electron chi connectivity index (χ2n) is 13.6. The number of nitrogens with one attached hydrogen (secondary N) is 1. The van der Waals surface area contributed by atoms with Gasteiger partial charge >= 0.3 is 0 Å². The highest BCUT2D eigenvalue weighted by Gasteiger charge is 2.27. The number of hydrogen-bond acceptors (Lipinski definition) is 2. The Morgan fingerprint density at radius 1 is 0.455 bits per heavy atom. The summed E-state index contributed by atoms with van der Waals surface area (Å²) in [6, 6.07) is 0. The molecule has 0 radical (unpaired) electrons. The van der Waals surface area contributed by atoms with Crippen molar-refractivity contribution in [1.82, 2.24) is 0 Å². The smallest absolute Gasteiger partial charge is 0.149 e. The number of allylic oxidation sites excluding steroid dienone is 4. The van der Waals surface area contributed by atoms with E-state index in [2.05, 4.69) is 52.2 Å². The molecule has 0 spiro atoms. The third-order valence-electron chi connectivity index (χ3n) is 8.76. The van der Waals surface area contributed by atoms with Gasteiger partial charge in [-0.2, -0.15) is 0 Å². The molecule has 0 aliphatic rings. The van der Waals surface area contributed by atoms with Gasteiger partial charge in [0.2, 0.25) is 0 Å². The van der Waals surface area contributed by atoms with Crippen molar-refractivity contribution in [2.45, 2.75) is 194 Å². The molecule has 4 heteroatoms. The van der Waals surface area contributed by atoms with Gasteiger partial charge in [0, 0.05) is 12.8 Å². The van der Waals surface area contributed by atoms with Crippen molar-refractivity contribution in [2.24, 2.45) is 5.92 Å². The zero-order valence-corrected chi connectivity index (χ0v) is 30.8. The molecule has 260 valence electrons. The average Bonchev–Trinajstić information content (AvgIpc) is 2.99. The van der Waals surface area contributed by atoms with E-state index in [0.29, 0.717) is 19.4 Å². The molecule has 0 aromatic heterocycles. The SMILES string of the molecule is CCCCCCCC/C=C\CCCCCCCC(=O)C(C[NH+](C)C)C(=O)CCCCCCC/C=C\CCCCCCCC.[Cl-]. The van der Waals surface area contributed by atoms with Gasteiger partial charge in [0.1, 0.15) is 17.5 Å². The lowest BCUT2D eigenvalue weighted by atomic mass is 9.91. The number of Topliss-reactive ketones (excluding diaryl/α,β-unsaturated/α-hetero) is 2. The molecule has 0 unspecified atom stereocenters. The Hall–Kier alpha value is -0.930. The van der Waals surface area contributed by atoms with Crippen LogP contribution in [0.3, 0.4) is 0 Å². The number of hydrogen-bond donors (Lipinski definition) is 1. The van der Waals surface area contributed by atoms with Gasteiger partial charge < -0.3 is 17.3 Å². The molecule has 0 aliphatic heterocycles. The minimum Gasteiger partial charge on any atom is -1.00 e. The second kappa shape index (κ2) is 36.5. The molecule has 0 heterocycles. The van der Waals surface area contributed by atoms with Gasteiger partial charge in [0.05, 0.1) is 20.6 Å². The van der Waals surface area contributed by atoms with Gasteiger partial charge in [0.25, 0.3) is 0 Å². The minimum atomic E-state index is -0.390. The maximum atomic E-state index is 13.0. The van der Waals surface area contributed by atoms with E-state index >= 15 is 0 Å². The Kier molecular flexibility index (Phi) is 37.5. The molecule has 0 rings (SSSR count). The lowest BCUT2D eigenvalue weighted by molar-refractivity contribution is -0.859. The first-order chi connectivity index (χ1) is 21.0. The van der Waals surface area contributed by atoms with Crippen molar-refractivity contribution in [3.8, 4) is 0 Å². The van der Waals surface area contributed by atoms with Crippen molar-refractivity contribution in [3.05, 3.63) is 24.3 Å². The normalized spacial score (nSPS) is 11.8.